The summed E-state index contributed by atoms with van der Waals surface area (Å²) in [5.41, 5.74) is 1.33. The first-order valence-electron chi connectivity index (χ1n) is 8.07. The van der Waals surface area contributed by atoms with E-state index in [2.05, 4.69) is 91.8 Å². The number of fused-ring (bicyclic) bond motifs is 1. The fourth-order valence-corrected chi connectivity index (χ4v) is 3.00. The molecule has 0 aromatic heterocycles. The highest BCUT2D eigenvalue weighted by Crippen LogP contribution is 2.27. The molecular weight excluding hydrogens is 334 g/mol. The number of hydrogen-bond acceptors (Lipinski definition) is 2. The molecule has 0 heterocycles. The van der Waals surface area contributed by atoms with Gasteiger partial charge in [0.1, 0.15) is 5.75 Å². The van der Waals surface area contributed by atoms with E-state index in [0.717, 1.165) is 12.2 Å². The molecule has 25 heavy (non-hydrogen) atoms. The quantitative estimate of drug-likeness (QED) is 0.650. The lowest BCUT2D eigenvalue weighted by molar-refractivity contribution is 0.225. The average molecular weight is 360 g/mol. The Hall–Kier alpha value is -2.07. The molecule has 1 atom stereocenters. The van der Waals surface area contributed by atoms with Crippen LogP contribution in [0.3, 0.4) is 0 Å². The first-order valence-corrected chi connectivity index (χ1v) is 8.07. The molecule has 0 saturated carbocycles. The fourth-order valence-electron chi connectivity index (χ4n) is 3.00. The van der Waals surface area contributed by atoms with Crippen LogP contribution in [-0.4, -0.2) is 31.1 Å². The van der Waals surface area contributed by atoms with Crippen molar-refractivity contribution in [1.82, 2.24) is 4.90 Å². The van der Waals surface area contributed by atoms with Crippen molar-refractivity contribution < 1.29 is 10.2 Å². The third-order valence-electron chi connectivity index (χ3n) is 4.21. The Morgan fingerprint density at radius 2 is 1.48 bits per heavy atom. The zero-order valence-electron chi connectivity index (χ0n) is 14.7. The highest BCUT2D eigenvalue weighted by molar-refractivity contribution is 5.88. The van der Waals surface area contributed by atoms with Crippen molar-refractivity contribution in [2.75, 3.05) is 20.7 Å². The standard InChI is InChI=1S/C21H23NO.ClH.H2O/c1-22(2)20(18-10-4-3-5-11-18)15-16-23-21-14-8-12-17-9-6-7-13-19(17)21;;/h3-14,20H,15-16H2,1-2H3;1H;1H2. The number of ether oxygens (including phenoxy) is 1. The summed E-state index contributed by atoms with van der Waals surface area (Å²) in [5, 5.41) is 2.40. The molecule has 0 aliphatic rings. The maximum absolute atomic E-state index is 6.09. The second-order valence-electron chi connectivity index (χ2n) is 6.00. The molecule has 0 spiro atoms. The minimum absolute atomic E-state index is 0. The van der Waals surface area contributed by atoms with Crippen molar-refractivity contribution >= 4 is 23.2 Å². The lowest BCUT2D eigenvalue weighted by Crippen LogP contribution is -2.22. The number of benzene rings is 3. The maximum Gasteiger partial charge on any atom is 0.127 e. The van der Waals surface area contributed by atoms with Crippen molar-refractivity contribution in [3.05, 3.63) is 78.4 Å². The molecule has 0 amide bonds. The molecule has 0 fully saturated rings. The molecule has 4 heteroatoms. The van der Waals surface area contributed by atoms with Gasteiger partial charge in [-0.1, -0.05) is 66.7 Å². The first-order chi connectivity index (χ1) is 11.3. The van der Waals surface area contributed by atoms with Crippen LogP contribution in [0.15, 0.2) is 72.8 Å². The van der Waals surface area contributed by atoms with E-state index in [0.29, 0.717) is 12.6 Å². The van der Waals surface area contributed by atoms with Crippen LogP contribution in [0.1, 0.15) is 18.0 Å². The summed E-state index contributed by atoms with van der Waals surface area (Å²) in [6.07, 6.45) is 0.959. The second-order valence-corrected chi connectivity index (χ2v) is 6.00. The molecule has 0 aliphatic carbocycles. The molecule has 3 aromatic rings. The normalized spacial score (nSPS) is 11.5. The van der Waals surface area contributed by atoms with Gasteiger partial charge in [0.05, 0.1) is 6.61 Å². The van der Waals surface area contributed by atoms with Crippen molar-refractivity contribution in [2.24, 2.45) is 0 Å². The van der Waals surface area contributed by atoms with E-state index in [1.807, 2.05) is 0 Å². The van der Waals surface area contributed by atoms with Crippen molar-refractivity contribution in [2.45, 2.75) is 12.5 Å². The van der Waals surface area contributed by atoms with Crippen LogP contribution in [0.2, 0.25) is 0 Å². The van der Waals surface area contributed by atoms with E-state index in [1.165, 1.54) is 16.3 Å². The smallest absolute Gasteiger partial charge is 0.127 e. The van der Waals surface area contributed by atoms with E-state index in [9.17, 15) is 0 Å². The van der Waals surface area contributed by atoms with Gasteiger partial charge in [0, 0.05) is 17.8 Å². The fraction of sp³-hybridized carbons (Fsp3) is 0.238. The van der Waals surface area contributed by atoms with Gasteiger partial charge in [0.25, 0.3) is 0 Å². The molecule has 0 radical (unpaired) electrons. The van der Waals surface area contributed by atoms with Gasteiger partial charge < -0.3 is 15.1 Å². The summed E-state index contributed by atoms with van der Waals surface area (Å²) >= 11 is 0. The van der Waals surface area contributed by atoms with Crippen LogP contribution in [0.25, 0.3) is 10.8 Å². The third kappa shape index (κ3) is 5.20. The largest absolute Gasteiger partial charge is 0.493 e. The van der Waals surface area contributed by atoms with Gasteiger partial charge in [-0.25, -0.2) is 0 Å². The summed E-state index contributed by atoms with van der Waals surface area (Å²) in [7, 11) is 4.24. The Morgan fingerprint density at radius 3 is 2.20 bits per heavy atom. The lowest BCUT2D eigenvalue weighted by Gasteiger charge is -2.25. The molecular formula is C21H26ClNO2. The predicted octanol–water partition coefficient (Wildman–Crippen LogP) is 4.51. The van der Waals surface area contributed by atoms with Gasteiger partial charge in [0.2, 0.25) is 0 Å². The van der Waals surface area contributed by atoms with Crippen molar-refractivity contribution in [3.63, 3.8) is 0 Å². The van der Waals surface area contributed by atoms with Gasteiger partial charge in [-0.2, -0.15) is 0 Å². The zero-order chi connectivity index (χ0) is 16.1. The van der Waals surface area contributed by atoms with Crippen LogP contribution >= 0.6 is 12.4 Å². The molecule has 3 nitrogen and oxygen atoms in total. The van der Waals surface area contributed by atoms with E-state index in [-0.39, 0.29) is 17.9 Å². The van der Waals surface area contributed by atoms with Crippen LogP contribution in [-0.2, 0) is 0 Å². The minimum Gasteiger partial charge on any atom is -0.493 e. The summed E-state index contributed by atoms with van der Waals surface area (Å²) in [6.45, 7) is 0.700. The summed E-state index contributed by atoms with van der Waals surface area (Å²) in [6, 6.07) is 25.6. The van der Waals surface area contributed by atoms with Crippen LogP contribution in [0.4, 0.5) is 0 Å². The topological polar surface area (TPSA) is 44.0 Å². The molecule has 134 valence electrons. The highest BCUT2D eigenvalue weighted by Gasteiger charge is 2.14. The molecule has 1 unspecified atom stereocenters. The van der Waals surface area contributed by atoms with Gasteiger partial charge in [0.15, 0.2) is 0 Å². The van der Waals surface area contributed by atoms with Gasteiger partial charge in [-0.05, 0) is 31.1 Å². The lowest BCUT2D eigenvalue weighted by atomic mass is 10.0. The van der Waals surface area contributed by atoms with Crippen LogP contribution < -0.4 is 4.74 Å². The number of nitrogens with zero attached hydrogens (tertiary/aromatic N) is 1. The SMILES string of the molecule is CN(C)C(CCOc1cccc2ccccc12)c1ccccc1.Cl.O. The Balaban J connectivity index is 0.00000156. The van der Waals surface area contributed by atoms with Crippen LogP contribution in [0.5, 0.6) is 5.75 Å². The number of hydrogen-bond donors (Lipinski definition) is 0. The highest BCUT2D eigenvalue weighted by atomic mass is 35.5. The van der Waals surface area contributed by atoms with E-state index >= 15 is 0 Å². The monoisotopic (exact) mass is 359 g/mol. The molecule has 3 rings (SSSR count). The Labute approximate surface area is 156 Å². The average Bonchev–Trinajstić information content (AvgIpc) is 2.59. The number of rotatable bonds is 6. The zero-order valence-corrected chi connectivity index (χ0v) is 15.5. The van der Waals surface area contributed by atoms with E-state index < -0.39 is 0 Å². The van der Waals surface area contributed by atoms with Crippen molar-refractivity contribution in [1.29, 1.82) is 0 Å². The Morgan fingerprint density at radius 1 is 0.840 bits per heavy atom. The number of halogens is 1. The predicted molar refractivity (Wildman–Crippen MR) is 108 cm³/mol. The van der Waals surface area contributed by atoms with E-state index in [1.54, 1.807) is 0 Å². The summed E-state index contributed by atoms with van der Waals surface area (Å²) in [5.74, 6) is 0.966. The molecule has 2 N–H and O–H groups in total. The maximum atomic E-state index is 6.09. The Kier molecular flexibility index (Phi) is 8.42. The Bertz CT molecular complexity index is 757. The third-order valence-corrected chi connectivity index (χ3v) is 4.21. The molecule has 0 bridgehead atoms. The second kappa shape index (κ2) is 10.0. The molecule has 0 saturated heterocycles. The van der Waals surface area contributed by atoms with Gasteiger partial charge in [-0.15, -0.1) is 12.4 Å². The van der Waals surface area contributed by atoms with Gasteiger partial charge >= 0.3 is 0 Å². The van der Waals surface area contributed by atoms with E-state index in [4.69, 9.17) is 4.74 Å². The summed E-state index contributed by atoms with van der Waals surface area (Å²) < 4.78 is 6.09. The summed E-state index contributed by atoms with van der Waals surface area (Å²) in [4.78, 5) is 2.25. The minimum atomic E-state index is 0. The van der Waals surface area contributed by atoms with Crippen molar-refractivity contribution in [3.8, 4) is 5.75 Å². The molecule has 3 aromatic carbocycles. The first kappa shape index (κ1) is 21.0. The molecule has 0 aliphatic heterocycles. The van der Waals surface area contributed by atoms with Crippen LogP contribution in [0, 0.1) is 0 Å². The van der Waals surface area contributed by atoms with Gasteiger partial charge in [-0.3, -0.25) is 0 Å².